The van der Waals surface area contributed by atoms with Gasteiger partial charge in [-0.1, -0.05) is 450 Å². The summed E-state index contributed by atoms with van der Waals surface area (Å²) in [6.45, 7) is 69.9. The smallest absolute Gasteiger partial charge is 0.252 e. The van der Waals surface area contributed by atoms with Gasteiger partial charge in [-0.3, -0.25) is 0 Å². The number of nitrogens with zero attached hydrogens (tertiary/aromatic N) is 5. The first-order valence-electron chi connectivity index (χ1n) is 53.9. The molecule has 20 aromatic rings. The van der Waals surface area contributed by atoms with Crippen molar-refractivity contribution in [3.63, 3.8) is 0 Å². The maximum Gasteiger partial charge on any atom is 0.252 e. The zero-order valence-electron chi connectivity index (χ0n) is 93.1. The maximum absolute atomic E-state index is 2.70. The topological polar surface area (TPSA) is 21.3 Å². The lowest BCUT2D eigenvalue weighted by atomic mass is 9.33. The minimum absolute atomic E-state index is 0.0248. The van der Waals surface area contributed by atoms with Gasteiger partial charge in [0.05, 0.1) is 38.8 Å². The fourth-order valence-electron chi connectivity index (χ4n) is 23.4. The van der Waals surface area contributed by atoms with Crippen LogP contribution in [-0.2, 0) is 54.1 Å². The molecule has 0 saturated carbocycles. The monoisotopic (exact) mass is 1930 g/mol. The summed E-state index contributed by atoms with van der Waals surface area (Å²) >= 11 is 0. The second-order valence-corrected chi connectivity index (χ2v) is 53.2. The Kier molecular flexibility index (Phi) is 23.1. The molecule has 0 bridgehead atoms. The van der Waals surface area contributed by atoms with E-state index in [1.807, 2.05) is 0 Å². The highest BCUT2D eigenvalue weighted by atomic mass is 15.2. The molecule has 5 heterocycles. The van der Waals surface area contributed by atoms with Crippen molar-refractivity contribution in [1.82, 2.24) is 13.7 Å². The highest BCUT2D eigenvalue weighted by Gasteiger charge is 2.46. The molecule has 3 aromatic heterocycles. The van der Waals surface area contributed by atoms with Crippen molar-refractivity contribution in [2.45, 2.75) is 262 Å². The lowest BCUT2D eigenvalue weighted by Crippen LogP contribution is -2.61. The van der Waals surface area contributed by atoms with E-state index >= 15 is 0 Å². The third-order valence-corrected chi connectivity index (χ3v) is 32.5. The first-order valence-corrected chi connectivity index (χ1v) is 53.9. The van der Waals surface area contributed by atoms with Crippen LogP contribution in [0.25, 0.3) is 149 Å². The molecule has 5 nitrogen and oxygen atoms in total. The average Bonchev–Trinajstić information content (AvgIpc) is 1.09. The van der Waals surface area contributed by atoms with E-state index < -0.39 is 0 Å². The molecule has 742 valence electrons. The summed E-state index contributed by atoms with van der Waals surface area (Å²) in [5.41, 5.74) is 46.6. The predicted molar refractivity (Wildman–Crippen MR) is 643 cm³/mol. The molecule has 2 aliphatic rings. The van der Waals surface area contributed by atoms with Crippen molar-refractivity contribution in [2.24, 2.45) is 0 Å². The molecule has 2 aliphatic heterocycles. The summed E-state index contributed by atoms with van der Waals surface area (Å²) in [4.78, 5) is 5.40. The number of anilines is 6. The van der Waals surface area contributed by atoms with E-state index in [-0.39, 0.29) is 60.9 Å². The van der Waals surface area contributed by atoms with Crippen molar-refractivity contribution in [2.75, 3.05) is 9.80 Å². The van der Waals surface area contributed by atoms with E-state index in [9.17, 15) is 0 Å². The van der Waals surface area contributed by atoms with E-state index in [1.165, 1.54) is 193 Å². The van der Waals surface area contributed by atoms with Crippen LogP contribution in [0.3, 0.4) is 0 Å². The minimum Gasteiger partial charge on any atom is -0.311 e. The van der Waals surface area contributed by atoms with E-state index in [0.717, 1.165) is 62.3 Å². The summed E-state index contributed by atoms with van der Waals surface area (Å²) in [5.74, 6) is 0. The van der Waals surface area contributed by atoms with Crippen molar-refractivity contribution in [3.05, 3.63) is 395 Å². The molecule has 0 atom stereocenters. The summed E-state index contributed by atoms with van der Waals surface area (Å²) in [7, 11) is 0. The second kappa shape index (κ2) is 34.7. The molecule has 0 fully saturated rings. The van der Waals surface area contributed by atoms with Gasteiger partial charge in [0.25, 0.3) is 6.71 Å². The zero-order valence-corrected chi connectivity index (χ0v) is 93.1. The Balaban J connectivity index is 0.882. The Labute approximate surface area is 880 Å². The fraction of sp³-hybridized carbons (Fsp3) is 0.282. The number of aromatic nitrogens is 3. The largest absolute Gasteiger partial charge is 0.311 e. The summed E-state index contributed by atoms with van der Waals surface area (Å²) in [6.07, 6.45) is 0. The SMILES string of the molecule is CC(C)(C)c1ccc(-c2cccc(-c3ccc(C(C)(C)C)cc3)c2-c2ccc(N3c4cc(-n5c6cc(C(C)(C)C)ccc6c6ccc(C(C)(C)C)cc65)ccc4B4c5ccc(-n6c7cc(C(C)(C)C)ccc7c7ccc(C(C)(C)C)cc76)cc5N(c5ccc(-c6c(-c7ccc(C(C)(C)C)cc7)cccc6-c6ccc(C(C)(C)C)cc6)cc5)c5cc(-n6c7cc(C(C)(C)C)ccc7c7ccc(C(C)(C)C)cc76)cc3c54)cc2)cc1. The Hall–Kier alpha value is -14.2. The van der Waals surface area contributed by atoms with Gasteiger partial charge < -0.3 is 23.5 Å². The van der Waals surface area contributed by atoms with Crippen LogP contribution >= 0.6 is 0 Å². The van der Waals surface area contributed by atoms with E-state index in [2.05, 4.69) is 571 Å². The molecule has 0 aliphatic carbocycles. The highest BCUT2D eigenvalue weighted by molar-refractivity contribution is 7.00. The predicted octanol–water partition coefficient (Wildman–Crippen LogP) is 38.0. The maximum atomic E-state index is 2.70. The van der Waals surface area contributed by atoms with Crippen molar-refractivity contribution in [3.8, 4) is 83.8 Å². The fourth-order valence-corrected chi connectivity index (χ4v) is 23.4. The van der Waals surface area contributed by atoms with Gasteiger partial charge >= 0.3 is 0 Å². The van der Waals surface area contributed by atoms with Crippen LogP contribution in [0.4, 0.5) is 34.1 Å². The molecule has 22 rings (SSSR count). The molecule has 0 radical (unpaired) electrons. The number of hydrogen-bond acceptors (Lipinski definition) is 2. The lowest BCUT2D eigenvalue weighted by molar-refractivity contribution is 0.590. The highest BCUT2D eigenvalue weighted by Crippen LogP contribution is 2.54. The standard InChI is InChI=1S/C142H146BN5/c1-133(2,3)93-49-37-87(38-50-93)108-33-31-34-109(88-39-51-94(52-40-88)134(4,5)6)130(108)91-45-63-103(64-46-91)144-126-83-105(146-120-77-97(137(13,14)15)57-69-112(120)113-70-58-98(78-121(113)146)138(16,17)18)67-75-118(126)143-119-76-68-106(147-122-79-99(139(19,20)21)59-71-114(122)115-72-60-100(80-123(115)147)140(22,23)24)84-127(119)145(129-86-107(85-128(144)132(129)143)148-124-81-101(141(25,26)27)61-73-116(124)117-74-62-102(82-125(117)148)142(28,29)30)104-65-47-92(48-66-104)131-110(89-41-53-95(54-42-89)135(7,8)9)35-32-36-111(131)90-43-55-96(56-44-90)136(10,11)12/h31-86H,1-30H3. The molecule has 148 heavy (non-hydrogen) atoms. The van der Waals surface area contributed by atoms with Crippen LogP contribution in [0.1, 0.15) is 263 Å². The molecule has 6 heteroatoms. The molecule has 17 aromatic carbocycles. The molecular formula is C142H146BN5. The van der Waals surface area contributed by atoms with Gasteiger partial charge in [0.2, 0.25) is 0 Å². The van der Waals surface area contributed by atoms with Crippen molar-refractivity contribution in [1.29, 1.82) is 0 Å². The molecule has 0 unspecified atom stereocenters. The van der Waals surface area contributed by atoms with Crippen LogP contribution < -0.4 is 26.2 Å². The first-order chi connectivity index (χ1) is 69.7. The number of hydrogen-bond donors (Lipinski definition) is 0. The van der Waals surface area contributed by atoms with Gasteiger partial charge in [-0.25, -0.2) is 0 Å². The van der Waals surface area contributed by atoms with Crippen molar-refractivity contribution < 1.29 is 0 Å². The Morgan fingerprint density at radius 3 is 0.568 bits per heavy atom. The van der Waals surface area contributed by atoms with Crippen LogP contribution in [-0.4, -0.2) is 20.4 Å². The van der Waals surface area contributed by atoms with Crippen LogP contribution in [0.2, 0.25) is 0 Å². The number of rotatable bonds is 11. The second-order valence-electron chi connectivity index (χ2n) is 53.2. The normalized spacial score (nSPS) is 13.6. The molecule has 0 saturated heterocycles. The number of fused-ring (bicyclic) bond motifs is 13. The van der Waals surface area contributed by atoms with E-state index in [1.54, 1.807) is 0 Å². The quantitative estimate of drug-likeness (QED) is 0.120. The average molecular weight is 1930 g/mol. The van der Waals surface area contributed by atoms with Gasteiger partial charge in [-0.05, 0) is 290 Å². The van der Waals surface area contributed by atoms with Crippen LogP contribution in [0, 0.1) is 0 Å². The third-order valence-electron chi connectivity index (χ3n) is 32.5. The Morgan fingerprint density at radius 1 is 0.162 bits per heavy atom. The molecule has 0 N–H and O–H groups in total. The van der Waals surface area contributed by atoms with Crippen LogP contribution in [0.5, 0.6) is 0 Å². The zero-order chi connectivity index (χ0) is 105. The first kappa shape index (κ1) is 98.5. The summed E-state index contributed by atoms with van der Waals surface area (Å²) < 4.78 is 7.90. The Bertz CT molecular complexity index is 7910. The van der Waals surface area contributed by atoms with Gasteiger partial charge in [0.15, 0.2) is 0 Å². The molecular weight excluding hydrogens is 1790 g/mol. The Morgan fingerprint density at radius 2 is 0.351 bits per heavy atom. The van der Waals surface area contributed by atoms with E-state index in [0.29, 0.717) is 0 Å². The minimum atomic E-state index is -0.319. The number of benzene rings is 17. The summed E-state index contributed by atoms with van der Waals surface area (Å²) in [6, 6.07) is 135. The van der Waals surface area contributed by atoms with E-state index in [4.69, 9.17) is 0 Å². The third kappa shape index (κ3) is 17.2. The lowest BCUT2D eigenvalue weighted by Gasteiger charge is -2.44. The molecule has 0 amide bonds. The van der Waals surface area contributed by atoms with Gasteiger partial charge in [-0.2, -0.15) is 0 Å². The van der Waals surface area contributed by atoms with Crippen molar-refractivity contribution >= 4 is 123 Å². The molecule has 0 spiro atoms. The van der Waals surface area contributed by atoms with Crippen LogP contribution in [0.15, 0.2) is 340 Å². The van der Waals surface area contributed by atoms with Gasteiger partial charge in [0.1, 0.15) is 0 Å². The van der Waals surface area contributed by atoms with Gasteiger partial charge in [-0.15, -0.1) is 0 Å². The summed E-state index contributed by atoms with van der Waals surface area (Å²) in [5, 5.41) is 7.37. The van der Waals surface area contributed by atoms with Gasteiger partial charge in [0, 0.05) is 77.8 Å².